The van der Waals surface area contributed by atoms with Gasteiger partial charge in [0.2, 0.25) is 0 Å². The van der Waals surface area contributed by atoms with Crippen molar-refractivity contribution in [3.63, 3.8) is 0 Å². The average molecular weight is 869 g/mol. The Bertz CT molecular complexity index is 2400. The third kappa shape index (κ3) is 12.6. The van der Waals surface area contributed by atoms with Crippen LogP contribution in [-0.4, -0.2) is 0 Å². The lowest BCUT2D eigenvalue weighted by Crippen LogP contribution is -1.88. The second-order valence-corrected chi connectivity index (χ2v) is 21.9. The lowest BCUT2D eigenvalue weighted by molar-refractivity contribution is 0.544. The third-order valence-electron chi connectivity index (χ3n) is 13.5. The zero-order valence-corrected chi connectivity index (χ0v) is 41.0. The van der Waals surface area contributed by atoms with Gasteiger partial charge in [-0.05, 0) is 96.0 Å². The number of hydrogen-bond donors (Lipinski definition) is 0. The molecule has 0 spiro atoms. The van der Waals surface area contributed by atoms with Gasteiger partial charge in [0.05, 0.1) is 0 Å². The van der Waals surface area contributed by atoms with Gasteiger partial charge in [0.25, 0.3) is 0 Å². The van der Waals surface area contributed by atoms with Crippen LogP contribution in [0, 0.1) is 13.8 Å². The summed E-state index contributed by atoms with van der Waals surface area (Å²) in [5.74, 6) is 0. The molecule has 3 aromatic heterocycles. The normalized spacial score (nSPS) is 12.0. The largest absolute Gasteiger partial charge is 0.139 e. The Hall–Kier alpha value is -2.98. The van der Waals surface area contributed by atoms with E-state index in [1.165, 1.54) is 239 Å². The van der Waals surface area contributed by atoms with E-state index in [-0.39, 0.29) is 0 Å². The van der Waals surface area contributed by atoms with Crippen molar-refractivity contribution in [2.75, 3.05) is 0 Å². The fraction of sp³-hybridized carbons (Fsp3) is 0.517. The maximum Gasteiger partial charge on any atom is 0.0452 e. The number of aryl methyl sites for hydroxylation is 4. The van der Waals surface area contributed by atoms with Crippen LogP contribution in [0.4, 0.5) is 0 Å². The number of unbranched alkanes of at least 4 members (excludes halogenated alkanes) is 22. The molecule has 0 N–H and O–H groups in total. The number of fused-ring (bicyclic) bond motifs is 7. The van der Waals surface area contributed by atoms with Crippen molar-refractivity contribution in [3.05, 3.63) is 94.4 Å². The molecule has 0 aliphatic heterocycles. The number of rotatable bonds is 28. The second kappa shape index (κ2) is 24.2. The van der Waals surface area contributed by atoms with Crippen molar-refractivity contribution >= 4 is 75.7 Å². The number of benzene rings is 4. The van der Waals surface area contributed by atoms with Crippen LogP contribution in [0.3, 0.4) is 0 Å². The van der Waals surface area contributed by atoms with Crippen molar-refractivity contribution in [1.82, 2.24) is 0 Å². The van der Waals surface area contributed by atoms with Gasteiger partial charge in [-0.1, -0.05) is 215 Å². The molecule has 0 aliphatic carbocycles. The average Bonchev–Trinajstić information content (AvgIpc) is 3.99. The van der Waals surface area contributed by atoms with Gasteiger partial charge in [-0.15, -0.1) is 34.0 Å². The molecule has 3 heterocycles. The molecule has 3 heteroatoms. The summed E-state index contributed by atoms with van der Waals surface area (Å²) in [5, 5.41) is 8.25. The maximum atomic E-state index is 2.59. The van der Waals surface area contributed by atoms with Crippen LogP contribution in [0.2, 0.25) is 0 Å². The molecular weight excluding hydrogens is 793 g/mol. The highest BCUT2D eigenvalue weighted by Gasteiger charge is 2.17. The molecule has 0 unspecified atom stereocenters. The second-order valence-electron chi connectivity index (χ2n) is 18.6. The van der Waals surface area contributed by atoms with Crippen LogP contribution in [0.25, 0.3) is 61.9 Å². The third-order valence-corrected chi connectivity index (χ3v) is 17.3. The first kappa shape index (κ1) is 46.0. The Balaban J connectivity index is 1.02. The van der Waals surface area contributed by atoms with E-state index in [1.807, 2.05) is 22.7 Å². The van der Waals surface area contributed by atoms with E-state index in [4.69, 9.17) is 0 Å². The minimum Gasteiger partial charge on any atom is -0.139 e. The lowest BCUT2D eigenvalue weighted by Gasteiger charge is -2.07. The van der Waals surface area contributed by atoms with E-state index in [2.05, 4.69) is 112 Å². The Morgan fingerprint density at radius 2 is 0.787 bits per heavy atom. The molecule has 7 rings (SSSR count). The molecule has 0 fully saturated rings. The summed E-state index contributed by atoms with van der Waals surface area (Å²) >= 11 is 6.06. The van der Waals surface area contributed by atoms with Crippen molar-refractivity contribution in [1.29, 1.82) is 0 Å². The minimum absolute atomic E-state index is 1.18. The summed E-state index contributed by atoms with van der Waals surface area (Å²) in [7, 11) is 0. The predicted molar refractivity (Wildman–Crippen MR) is 280 cm³/mol. The van der Waals surface area contributed by atoms with E-state index < -0.39 is 0 Å². The van der Waals surface area contributed by atoms with Crippen molar-refractivity contribution < 1.29 is 0 Å². The van der Waals surface area contributed by atoms with Crippen LogP contribution >= 0.6 is 34.0 Å². The van der Waals surface area contributed by atoms with Crippen LogP contribution in [0.5, 0.6) is 0 Å². The summed E-state index contributed by atoms with van der Waals surface area (Å²) in [6, 6.07) is 28.9. The van der Waals surface area contributed by atoms with Gasteiger partial charge in [0.1, 0.15) is 0 Å². The highest BCUT2D eigenvalue weighted by Crippen LogP contribution is 2.45. The summed E-state index contributed by atoms with van der Waals surface area (Å²) < 4.78 is 2.84. The fourth-order valence-corrected chi connectivity index (χ4v) is 13.5. The van der Waals surface area contributed by atoms with Gasteiger partial charge in [-0.3, -0.25) is 0 Å². The molecule has 0 aliphatic rings. The predicted octanol–water partition coefficient (Wildman–Crippen LogP) is 20.9. The van der Waals surface area contributed by atoms with Gasteiger partial charge in [0.15, 0.2) is 0 Å². The molecule has 4 aromatic carbocycles. The smallest absolute Gasteiger partial charge is 0.0452 e. The summed E-state index contributed by atoms with van der Waals surface area (Å²) in [5.41, 5.74) is 5.87. The summed E-state index contributed by atoms with van der Waals surface area (Å²) in [4.78, 5) is 5.97. The zero-order chi connectivity index (χ0) is 42.2. The monoisotopic (exact) mass is 869 g/mol. The topological polar surface area (TPSA) is 0 Å². The van der Waals surface area contributed by atoms with Crippen LogP contribution < -0.4 is 0 Å². The first-order valence-electron chi connectivity index (χ1n) is 25.0. The molecule has 0 saturated heterocycles. The SMILES string of the molecule is CCCCCCCCCCCCCCc1cc(-c2cc(CCCCCCCCCCCCCC)c(-c3ccc4c(ccc5c6ccc7cc(C)ccc7c6sc45)c3)s2)sc1C. The van der Waals surface area contributed by atoms with Crippen LogP contribution in [0.1, 0.15) is 190 Å². The van der Waals surface area contributed by atoms with Crippen molar-refractivity contribution in [2.45, 2.75) is 195 Å². The molecule has 0 radical (unpaired) electrons. The highest BCUT2D eigenvalue weighted by molar-refractivity contribution is 7.27. The molecule has 7 aromatic rings. The van der Waals surface area contributed by atoms with E-state index in [0.717, 1.165) is 0 Å². The van der Waals surface area contributed by atoms with Gasteiger partial charge in [0, 0.05) is 39.7 Å². The Labute approximate surface area is 382 Å². The van der Waals surface area contributed by atoms with Crippen molar-refractivity contribution in [2.24, 2.45) is 0 Å². The molecule has 0 amide bonds. The van der Waals surface area contributed by atoms with Crippen LogP contribution in [0.15, 0.2) is 72.8 Å². The van der Waals surface area contributed by atoms with Gasteiger partial charge in [-0.25, -0.2) is 0 Å². The van der Waals surface area contributed by atoms with Crippen LogP contribution in [-0.2, 0) is 12.8 Å². The first-order chi connectivity index (χ1) is 30.0. The first-order valence-corrected chi connectivity index (χ1v) is 27.5. The molecule has 0 nitrogen and oxygen atoms in total. The lowest BCUT2D eigenvalue weighted by atomic mass is 9.99. The van der Waals surface area contributed by atoms with E-state index in [9.17, 15) is 0 Å². The van der Waals surface area contributed by atoms with Crippen molar-refractivity contribution in [3.8, 4) is 20.2 Å². The molecular formula is C58H76S3. The maximum absolute atomic E-state index is 2.59. The van der Waals surface area contributed by atoms with E-state index in [1.54, 1.807) is 11.1 Å². The molecule has 0 bridgehead atoms. The van der Waals surface area contributed by atoms with Gasteiger partial charge < -0.3 is 0 Å². The molecule has 326 valence electrons. The Morgan fingerprint density at radius 1 is 0.361 bits per heavy atom. The fourth-order valence-electron chi connectivity index (χ4n) is 9.79. The van der Waals surface area contributed by atoms with Gasteiger partial charge >= 0.3 is 0 Å². The highest BCUT2D eigenvalue weighted by atomic mass is 32.1. The zero-order valence-electron chi connectivity index (χ0n) is 38.5. The minimum atomic E-state index is 1.18. The summed E-state index contributed by atoms with van der Waals surface area (Å²) in [6.45, 7) is 9.19. The Morgan fingerprint density at radius 3 is 1.33 bits per heavy atom. The molecule has 0 saturated carbocycles. The van der Waals surface area contributed by atoms with Gasteiger partial charge in [-0.2, -0.15) is 0 Å². The Kier molecular flexibility index (Phi) is 18.2. The number of hydrogen-bond acceptors (Lipinski definition) is 3. The summed E-state index contributed by atoms with van der Waals surface area (Å²) in [6.07, 6.45) is 36.1. The molecule has 0 atom stereocenters. The number of thiophene rings is 3. The quantitative estimate of drug-likeness (QED) is 0.0430. The molecule has 61 heavy (non-hydrogen) atoms. The van der Waals surface area contributed by atoms with E-state index >= 15 is 0 Å². The van der Waals surface area contributed by atoms with E-state index in [0.29, 0.717) is 0 Å². The standard InChI is InChI=1S/C58H76S3/c1-5-7-9-11-13-15-17-19-21-23-25-27-29-45-41-54(59-44(45)4)55-42-48(30-28-26-24-22-20-18-16-14-12-10-8-6-2)56(60-55)49-34-36-51-47(40-49)33-38-53-52-37-32-46-39-43(3)31-35-50(46)57(52)61-58(51)53/h31-42H,5-30H2,1-4H3.